The molecule has 1 aliphatic heterocycles. The number of nitrogens with one attached hydrogen (secondary N) is 1. The lowest BCUT2D eigenvalue weighted by Crippen LogP contribution is -2.48. The fraction of sp³-hybridized carbons (Fsp3) is 0.364. The molecule has 1 heterocycles. The molecule has 1 atom stereocenters. The molecule has 1 amide bonds. The quantitative estimate of drug-likeness (QED) is 0.713. The molecule has 0 unspecified atom stereocenters. The molecular weight excluding hydrogens is 251 g/mol. The Morgan fingerprint density at radius 2 is 1.94 bits per heavy atom. The van der Waals surface area contributed by atoms with E-state index in [4.69, 9.17) is 11.0 Å². The minimum atomic E-state index is -3.50. The predicted molar refractivity (Wildman–Crippen MR) is 70.8 cm³/mol. The molecule has 6 nitrogen and oxygen atoms in total. The number of para-hydroxylation sites is 1. The molecule has 1 fully saturated rings. The van der Waals surface area contributed by atoms with Crippen LogP contribution in [-0.4, -0.2) is 23.2 Å². The summed E-state index contributed by atoms with van der Waals surface area (Å²) in [5, 5.41) is 3.11. The monoisotopic (exact) mass is 268 g/mol. The van der Waals surface area contributed by atoms with Crippen molar-refractivity contribution in [3.8, 4) is 0 Å². The van der Waals surface area contributed by atoms with E-state index in [1.165, 1.54) is 0 Å². The topological polar surface area (TPSA) is 101 Å². The Kier molecular flexibility index (Phi) is 3.71. The van der Waals surface area contributed by atoms with Crippen LogP contribution in [0.2, 0.25) is 0 Å². The number of amides is 1. The minimum absolute atomic E-state index is 0.293. The maximum Gasteiger partial charge on any atom is 0.302 e. The Hall–Kier alpha value is -1.36. The van der Waals surface area contributed by atoms with Crippen LogP contribution < -0.4 is 16.3 Å². The van der Waals surface area contributed by atoms with Crippen molar-refractivity contribution in [3.63, 3.8) is 0 Å². The van der Waals surface area contributed by atoms with Gasteiger partial charge in [0, 0.05) is 12.2 Å². The molecule has 0 aliphatic carbocycles. The average molecular weight is 268 g/mol. The van der Waals surface area contributed by atoms with Gasteiger partial charge in [-0.15, -0.1) is 0 Å². The van der Waals surface area contributed by atoms with Gasteiger partial charge in [0.05, 0.1) is 0 Å². The number of carbonyl (C=O) groups is 1. The summed E-state index contributed by atoms with van der Waals surface area (Å²) in [5.41, 5.74) is 11.6. The molecule has 0 aromatic heterocycles. The Bertz CT molecular complexity index is 473. The van der Waals surface area contributed by atoms with Crippen molar-refractivity contribution in [1.82, 2.24) is 4.67 Å². The van der Waals surface area contributed by atoms with Gasteiger partial charge in [0.1, 0.15) is 6.04 Å². The van der Waals surface area contributed by atoms with Gasteiger partial charge >= 0.3 is 7.59 Å². The largest absolute Gasteiger partial charge is 0.374 e. The first kappa shape index (κ1) is 13.1. The molecule has 0 bridgehead atoms. The number of benzene rings is 1. The Morgan fingerprint density at radius 1 is 1.28 bits per heavy atom. The van der Waals surface area contributed by atoms with Crippen molar-refractivity contribution in [2.24, 2.45) is 11.0 Å². The van der Waals surface area contributed by atoms with E-state index >= 15 is 0 Å². The fourth-order valence-corrected chi connectivity index (χ4v) is 2.94. The van der Waals surface area contributed by atoms with E-state index in [0.717, 1.165) is 16.8 Å². The van der Waals surface area contributed by atoms with E-state index in [0.29, 0.717) is 13.0 Å². The SMILES string of the molecule is NP(N)(=O)N1CCC[C@H](Nc2ccccc2)C1=O. The van der Waals surface area contributed by atoms with Crippen LogP contribution in [0.5, 0.6) is 0 Å². The Morgan fingerprint density at radius 3 is 2.56 bits per heavy atom. The highest BCUT2D eigenvalue weighted by molar-refractivity contribution is 7.57. The predicted octanol–water partition coefficient (Wildman–Crippen LogP) is 1.11. The standard InChI is InChI=1S/C11H17N4O2P/c12-18(13,17)15-8-4-7-10(11(15)16)14-9-5-2-1-3-6-9/h1-3,5-6,10,14H,4,7-8H2,(H4,12,13,17)/t10-/m0/s1. The first-order chi connectivity index (χ1) is 8.48. The number of carbonyl (C=O) groups excluding carboxylic acids is 1. The number of piperidine rings is 1. The molecule has 0 spiro atoms. The first-order valence-corrected chi connectivity index (χ1v) is 7.59. The first-order valence-electron chi connectivity index (χ1n) is 5.79. The zero-order valence-electron chi connectivity index (χ0n) is 9.95. The molecule has 1 aromatic carbocycles. The van der Waals surface area contributed by atoms with E-state index in [2.05, 4.69) is 5.32 Å². The number of rotatable bonds is 3. The van der Waals surface area contributed by atoms with Gasteiger partial charge in [0.2, 0.25) is 0 Å². The lowest BCUT2D eigenvalue weighted by Gasteiger charge is -2.34. The lowest BCUT2D eigenvalue weighted by molar-refractivity contribution is -0.129. The van der Waals surface area contributed by atoms with Gasteiger partial charge in [0.15, 0.2) is 0 Å². The highest BCUT2D eigenvalue weighted by Gasteiger charge is 2.35. The van der Waals surface area contributed by atoms with Gasteiger partial charge in [-0.25, -0.2) is 0 Å². The molecule has 1 aromatic rings. The van der Waals surface area contributed by atoms with Crippen LogP contribution in [-0.2, 0) is 9.36 Å². The molecular formula is C11H17N4O2P. The van der Waals surface area contributed by atoms with Crippen molar-refractivity contribution in [3.05, 3.63) is 30.3 Å². The number of nitrogens with two attached hydrogens (primary N) is 2. The second-order valence-corrected chi connectivity index (χ2v) is 6.17. The number of nitrogens with zero attached hydrogens (tertiary/aromatic N) is 1. The zero-order valence-corrected chi connectivity index (χ0v) is 10.8. The van der Waals surface area contributed by atoms with E-state index in [1.807, 2.05) is 30.3 Å². The molecule has 2 rings (SSSR count). The van der Waals surface area contributed by atoms with Crippen LogP contribution in [0.3, 0.4) is 0 Å². The summed E-state index contributed by atoms with van der Waals surface area (Å²) in [6, 6.07) is 8.98. The molecule has 0 saturated carbocycles. The molecule has 98 valence electrons. The van der Waals surface area contributed by atoms with Crippen LogP contribution in [0.25, 0.3) is 0 Å². The molecule has 7 heteroatoms. The van der Waals surface area contributed by atoms with Crippen molar-refractivity contribution < 1.29 is 9.36 Å². The van der Waals surface area contributed by atoms with E-state index in [9.17, 15) is 9.36 Å². The average Bonchev–Trinajstić information content (AvgIpc) is 2.32. The van der Waals surface area contributed by atoms with Gasteiger partial charge in [-0.3, -0.25) is 25.0 Å². The maximum atomic E-state index is 12.1. The summed E-state index contributed by atoms with van der Waals surface area (Å²) < 4.78 is 12.7. The Labute approximate surface area is 106 Å². The normalized spacial score (nSPS) is 20.9. The second kappa shape index (κ2) is 5.10. The molecule has 5 N–H and O–H groups in total. The van der Waals surface area contributed by atoms with Gasteiger partial charge in [-0.1, -0.05) is 18.2 Å². The molecule has 18 heavy (non-hydrogen) atoms. The lowest BCUT2D eigenvalue weighted by atomic mass is 10.1. The zero-order chi connectivity index (χ0) is 13.2. The van der Waals surface area contributed by atoms with Gasteiger partial charge < -0.3 is 5.32 Å². The summed E-state index contributed by atoms with van der Waals surface area (Å²) >= 11 is 0. The summed E-state index contributed by atoms with van der Waals surface area (Å²) in [7, 11) is -3.50. The molecule has 1 saturated heterocycles. The summed E-state index contributed by atoms with van der Waals surface area (Å²) in [4.78, 5) is 12.1. The van der Waals surface area contributed by atoms with Gasteiger partial charge in [-0.2, -0.15) is 0 Å². The van der Waals surface area contributed by atoms with E-state index in [1.54, 1.807) is 0 Å². The van der Waals surface area contributed by atoms with E-state index < -0.39 is 13.6 Å². The molecule has 1 aliphatic rings. The van der Waals surface area contributed by atoms with Crippen LogP contribution in [0.1, 0.15) is 12.8 Å². The fourth-order valence-electron chi connectivity index (χ4n) is 2.04. The van der Waals surface area contributed by atoms with Gasteiger partial charge in [0.25, 0.3) is 5.91 Å². The third-order valence-electron chi connectivity index (χ3n) is 2.91. The van der Waals surface area contributed by atoms with Crippen molar-refractivity contribution >= 4 is 19.2 Å². The molecule has 0 radical (unpaired) electrons. The summed E-state index contributed by atoms with van der Waals surface area (Å²) in [6.07, 6.45) is 1.42. The van der Waals surface area contributed by atoms with Crippen molar-refractivity contribution in [1.29, 1.82) is 0 Å². The third-order valence-corrected chi connectivity index (χ3v) is 4.06. The number of anilines is 1. The maximum absolute atomic E-state index is 12.1. The van der Waals surface area contributed by atoms with Gasteiger partial charge in [-0.05, 0) is 25.0 Å². The van der Waals surface area contributed by atoms with Crippen LogP contribution in [0.15, 0.2) is 30.3 Å². The van der Waals surface area contributed by atoms with Crippen LogP contribution in [0.4, 0.5) is 5.69 Å². The van der Waals surface area contributed by atoms with Crippen molar-refractivity contribution in [2.75, 3.05) is 11.9 Å². The van der Waals surface area contributed by atoms with E-state index in [-0.39, 0.29) is 5.91 Å². The Balaban J connectivity index is 2.10. The highest BCUT2D eigenvalue weighted by Crippen LogP contribution is 2.35. The van der Waals surface area contributed by atoms with Crippen LogP contribution >= 0.6 is 7.59 Å². The van der Waals surface area contributed by atoms with Crippen LogP contribution in [0, 0.1) is 0 Å². The third kappa shape index (κ3) is 2.90. The minimum Gasteiger partial charge on any atom is -0.374 e. The summed E-state index contributed by atoms with van der Waals surface area (Å²) in [6.45, 7) is 0.357. The number of hydrogen-bond donors (Lipinski definition) is 3. The smallest absolute Gasteiger partial charge is 0.302 e. The summed E-state index contributed by atoms with van der Waals surface area (Å²) in [5.74, 6) is -0.293. The van der Waals surface area contributed by atoms with Crippen molar-refractivity contribution in [2.45, 2.75) is 18.9 Å². The number of hydrogen-bond acceptors (Lipinski definition) is 3. The second-order valence-electron chi connectivity index (χ2n) is 4.34. The highest BCUT2D eigenvalue weighted by atomic mass is 31.2.